The van der Waals surface area contributed by atoms with Crippen LogP contribution < -0.4 is 15.4 Å². The molecule has 0 aliphatic carbocycles. The Balaban J connectivity index is 2.04. The van der Waals surface area contributed by atoms with Crippen LogP contribution in [-0.2, 0) is 13.1 Å². The van der Waals surface area contributed by atoms with Crippen LogP contribution in [-0.4, -0.2) is 24.5 Å². The normalized spacial score (nSPS) is 10.9. The number of nitro groups is 1. The van der Waals surface area contributed by atoms with E-state index in [0.717, 1.165) is 16.9 Å². The molecule has 26 heavy (non-hydrogen) atoms. The van der Waals surface area contributed by atoms with Gasteiger partial charge in [-0.15, -0.1) is 6.58 Å². The van der Waals surface area contributed by atoms with E-state index in [1.54, 1.807) is 25.3 Å². The third-order valence-corrected chi connectivity index (χ3v) is 3.62. The van der Waals surface area contributed by atoms with Crippen LogP contribution in [0.15, 0.2) is 66.2 Å². The summed E-state index contributed by atoms with van der Waals surface area (Å²) in [6.07, 6.45) is 1.74. The van der Waals surface area contributed by atoms with Crippen LogP contribution in [0, 0.1) is 10.1 Å². The third-order valence-electron chi connectivity index (χ3n) is 3.62. The van der Waals surface area contributed by atoms with E-state index >= 15 is 0 Å². The molecule has 136 valence electrons. The van der Waals surface area contributed by atoms with Gasteiger partial charge in [-0.1, -0.05) is 36.4 Å². The van der Waals surface area contributed by atoms with Crippen molar-refractivity contribution in [1.82, 2.24) is 10.6 Å². The van der Waals surface area contributed by atoms with Gasteiger partial charge < -0.3 is 15.4 Å². The van der Waals surface area contributed by atoms with E-state index in [0.29, 0.717) is 25.6 Å². The number of non-ortho nitro benzene ring substituents is 1. The number of rotatable bonds is 8. The molecule has 0 bridgehead atoms. The number of para-hydroxylation sites is 1. The van der Waals surface area contributed by atoms with E-state index in [4.69, 9.17) is 4.74 Å². The number of guanidine groups is 1. The van der Waals surface area contributed by atoms with E-state index in [-0.39, 0.29) is 5.69 Å². The molecule has 7 heteroatoms. The molecule has 2 N–H and O–H groups in total. The lowest BCUT2D eigenvalue weighted by Crippen LogP contribution is -2.37. The maximum atomic E-state index is 10.7. The van der Waals surface area contributed by atoms with Crippen LogP contribution >= 0.6 is 0 Å². The van der Waals surface area contributed by atoms with Gasteiger partial charge in [0.1, 0.15) is 5.75 Å². The number of methoxy groups -OCH3 is 1. The molecular weight excluding hydrogens is 332 g/mol. The maximum Gasteiger partial charge on any atom is 0.269 e. The lowest BCUT2D eigenvalue weighted by molar-refractivity contribution is -0.384. The highest BCUT2D eigenvalue weighted by molar-refractivity contribution is 5.80. The van der Waals surface area contributed by atoms with Crippen LogP contribution in [0.1, 0.15) is 11.1 Å². The first kappa shape index (κ1) is 19.0. The molecule has 0 aliphatic heterocycles. The second-order valence-electron chi connectivity index (χ2n) is 5.42. The van der Waals surface area contributed by atoms with E-state index in [1.165, 1.54) is 12.1 Å². The van der Waals surface area contributed by atoms with Gasteiger partial charge in [-0.25, -0.2) is 4.99 Å². The van der Waals surface area contributed by atoms with Gasteiger partial charge >= 0.3 is 0 Å². The van der Waals surface area contributed by atoms with Crippen molar-refractivity contribution in [3.8, 4) is 5.75 Å². The van der Waals surface area contributed by atoms with E-state index in [2.05, 4.69) is 22.2 Å². The minimum Gasteiger partial charge on any atom is -0.496 e. The summed E-state index contributed by atoms with van der Waals surface area (Å²) in [7, 11) is 1.64. The van der Waals surface area contributed by atoms with Crippen LogP contribution in [0.4, 0.5) is 5.69 Å². The number of aliphatic imine (C=N–C) groups is 1. The minimum atomic E-state index is -0.418. The quantitative estimate of drug-likeness (QED) is 0.250. The van der Waals surface area contributed by atoms with E-state index in [1.807, 2.05) is 24.3 Å². The Morgan fingerprint density at radius 3 is 2.62 bits per heavy atom. The molecule has 0 radical (unpaired) electrons. The average Bonchev–Trinajstić information content (AvgIpc) is 2.68. The van der Waals surface area contributed by atoms with Gasteiger partial charge in [-0.3, -0.25) is 10.1 Å². The molecule has 0 saturated heterocycles. The Bertz CT molecular complexity index is 773. The van der Waals surface area contributed by atoms with Crippen molar-refractivity contribution in [3.05, 3.63) is 82.4 Å². The fourth-order valence-corrected chi connectivity index (χ4v) is 2.26. The van der Waals surface area contributed by atoms with Gasteiger partial charge in [-0.2, -0.15) is 0 Å². The number of hydrogen-bond donors (Lipinski definition) is 2. The Morgan fingerprint density at radius 1 is 1.23 bits per heavy atom. The fraction of sp³-hybridized carbons (Fsp3) is 0.211. The first-order valence-corrected chi connectivity index (χ1v) is 8.12. The highest BCUT2D eigenvalue weighted by atomic mass is 16.6. The number of ether oxygens (including phenoxy) is 1. The molecule has 0 heterocycles. The standard InChI is InChI=1S/C19H22N4O3/c1-3-12-20-19(22-14-16-6-4-5-7-18(16)26-2)21-13-15-8-10-17(11-9-15)23(24)25/h3-11H,1,12-14H2,2H3,(H2,20,21,22). The van der Waals surface area contributed by atoms with Gasteiger partial charge in [0.25, 0.3) is 5.69 Å². The topological polar surface area (TPSA) is 88.8 Å². The number of nitrogens with one attached hydrogen (secondary N) is 2. The van der Waals surface area contributed by atoms with Crippen molar-refractivity contribution in [3.63, 3.8) is 0 Å². The van der Waals surface area contributed by atoms with E-state index in [9.17, 15) is 10.1 Å². The van der Waals surface area contributed by atoms with Crippen LogP contribution in [0.25, 0.3) is 0 Å². The monoisotopic (exact) mass is 354 g/mol. The van der Waals surface area contributed by atoms with Gasteiger partial charge in [0.2, 0.25) is 0 Å². The summed E-state index contributed by atoms with van der Waals surface area (Å²) in [4.78, 5) is 14.8. The zero-order valence-electron chi connectivity index (χ0n) is 14.6. The fourth-order valence-electron chi connectivity index (χ4n) is 2.26. The van der Waals surface area contributed by atoms with Crippen molar-refractivity contribution in [2.24, 2.45) is 4.99 Å². The Hall–Kier alpha value is -3.35. The summed E-state index contributed by atoms with van der Waals surface area (Å²) in [5.74, 6) is 1.42. The molecule has 0 saturated carbocycles. The number of benzene rings is 2. The van der Waals surface area contributed by atoms with Gasteiger partial charge in [0.05, 0.1) is 18.6 Å². The summed E-state index contributed by atoms with van der Waals surface area (Å²) < 4.78 is 5.35. The molecule has 2 aromatic carbocycles. The number of hydrogen-bond acceptors (Lipinski definition) is 4. The average molecular weight is 354 g/mol. The molecule has 2 rings (SSSR count). The first-order valence-electron chi connectivity index (χ1n) is 8.12. The lowest BCUT2D eigenvalue weighted by atomic mass is 10.2. The molecule has 0 atom stereocenters. The second kappa shape index (κ2) is 9.83. The predicted molar refractivity (Wildman–Crippen MR) is 102 cm³/mol. The maximum absolute atomic E-state index is 10.7. The highest BCUT2D eigenvalue weighted by Crippen LogP contribution is 2.16. The zero-order valence-corrected chi connectivity index (χ0v) is 14.6. The molecule has 0 fully saturated rings. The molecule has 0 amide bonds. The molecule has 0 aromatic heterocycles. The summed E-state index contributed by atoms with van der Waals surface area (Å²) in [5, 5.41) is 17.1. The largest absolute Gasteiger partial charge is 0.496 e. The van der Waals surface area contributed by atoms with Gasteiger partial charge in [-0.05, 0) is 11.6 Å². The first-order chi connectivity index (χ1) is 12.6. The smallest absolute Gasteiger partial charge is 0.269 e. The van der Waals surface area contributed by atoms with Crippen molar-refractivity contribution in [1.29, 1.82) is 0 Å². The van der Waals surface area contributed by atoms with Gasteiger partial charge in [0, 0.05) is 30.8 Å². The van der Waals surface area contributed by atoms with E-state index < -0.39 is 4.92 Å². The number of nitrogens with zero attached hydrogens (tertiary/aromatic N) is 2. The molecule has 2 aromatic rings. The van der Waals surface area contributed by atoms with Gasteiger partial charge in [0.15, 0.2) is 5.96 Å². The SMILES string of the molecule is C=CCNC(=NCc1ccc([N+](=O)[O-])cc1)NCc1ccccc1OC. The molecule has 7 nitrogen and oxygen atoms in total. The molecular formula is C19H22N4O3. The van der Waals surface area contributed by atoms with Crippen LogP contribution in [0.5, 0.6) is 5.75 Å². The summed E-state index contributed by atoms with van der Waals surface area (Å²) >= 11 is 0. The third kappa shape index (κ3) is 5.62. The van der Waals surface area contributed by atoms with Crippen molar-refractivity contribution >= 4 is 11.6 Å². The Kier molecular flexibility index (Phi) is 7.17. The summed E-state index contributed by atoms with van der Waals surface area (Å²) in [6.45, 7) is 5.21. The van der Waals surface area contributed by atoms with Crippen molar-refractivity contribution < 1.29 is 9.66 Å². The Labute approximate surface area is 152 Å². The zero-order chi connectivity index (χ0) is 18.8. The van der Waals surface area contributed by atoms with Crippen LogP contribution in [0.2, 0.25) is 0 Å². The van der Waals surface area contributed by atoms with Crippen molar-refractivity contribution in [2.75, 3.05) is 13.7 Å². The lowest BCUT2D eigenvalue weighted by Gasteiger charge is -2.13. The molecule has 0 unspecified atom stereocenters. The summed E-state index contributed by atoms with van der Waals surface area (Å²) in [5.41, 5.74) is 1.96. The predicted octanol–water partition coefficient (Wildman–Crippen LogP) is 3.02. The number of nitro benzene ring substituents is 1. The molecule has 0 aliphatic rings. The second-order valence-corrected chi connectivity index (χ2v) is 5.42. The molecule has 0 spiro atoms. The highest BCUT2D eigenvalue weighted by Gasteiger charge is 2.05. The van der Waals surface area contributed by atoms with Crippen molar-refractivity contribution in [2.45, 2.75) is 13.1 Å². The minimum absolute atomic E-state index is 0.0667. The van der Waals surface area contributed by atoms with Crippen LogP contribution in [0.3, 0.4) is 0 Å². The summed E-state index contributed by atoms with van der Waals surface area (Å²) in [6, 6.07) is 14.1. The Morgan fingerprint density at radius 2 is 1.96 bits per heavy atom.